The average molecular weight is 408 g/mol. The predicted octanol–water partition coefficient (Wildman–Crippen LogP) is 5.75. The Kier molecular flexibility index (Phi) is 10.5. The summed E-state index contributed by atoms with van der Waals surface area (Å²) in [4.78, 5) is -0.306. The van der Waals surface area contributed by atoms with Crippen molar-refractivity contribution in [3.05, 3.63) is 0 Å². The summed E-state index contributed by atoms with van der Waals surface area (Å²) < 4.78 is 20.0. The second-order valence-electron chi connectivity index (χ2n) is 8.76. The van der Waals surface area contributed by atoms with Crippen LogP contribution in [0.25, 0.3) is 0 Å². The Morgan fingerprint density at radius 1 is 0.960 bits per heavy atom. The molecule has 151 valence electrons. The fourth-order valence-corrected chi connectivity index (χ4v) is 12.2. The fraction of sp³-hybridized carbons (Fsp3) is 1.00. The first-order valence-corrected chi connectivity index (χ1v) is 15.4. The molecule has 0 bridgehead atoms. The van der Waals surface area contributed by atoms with Gasteiger partial charge in [0.05, 0.1) is 14.3 Å². The average Bonchev–Trinajstić information content (AvgIpc) is 2.45. The minimum Gasteiger partial charge on any atom is -0.373 e. The molecular weight excluding hydrogens is 364 g/mol. The first-order chi connectivity index (χ1) is 11.3. The second kappa shape index (κ2) is 10.3. The van der Waals surface area contributed by atoms with Gasteiger partial charge in [0, 0.05) is 19.3 Å². The van der Waals surface area contributed by atoms with Crippen LogP contribution in [0.3, 0.4) is 0 Å². The molecule has 3 radical (unpaired) electrons. The molecule has 0 aliphatic rings. The van der Waals surface area contributed by atoms with Crippen LogP contribution in [0.2, 0.25) is 6.04 Å². The van der Waals surface area contributed by atoms with Gasteiger partial charge in [0.2, 0.25) is 0 Å². The molecule has 0 saturated carbocycles. The molecule has 0 aliphatic heterocycles. The first kappa shape index (κ1) is 25.7. The molecule has 0 rings (SSSR count). The van der Waals surface area contributed by atoms with E-state index in [-0.39, 0.29) is 10.3 Å². The smallest absolute Gasteiger partial charge is 0.373 e. The molecule has 0 aromatic carbocycles. The molecule has 0 N–H and O–H groups in total. The van der Waals surface area contributed by atoms with E-state index in [0.717, 1.165) is 25.3 Å². The van der Waals surface area contributed by atoms with Gasteiger partial charge in [-0.3, -0.25) is 0 Å². The normalized spacial score (nSPS) is 17.0. The summed E-state index contributed by atoms with van der Waals surface area (Å²) in [5.74, 6) is 0.475. The fourth-order valence-electron chi connectivity index (χ4n) is 3.51. The Hall–Kier alpha value is 0.664. The highest BCUT2D eigenvalue weighted by molar-refractivity contribution is 8.50. The summed E-state index contributed by atoms with van der Waals surface area (Å²) in [6.45, 7) is 19.2. The van der Waals surface area contributed by atoms with Crippen LogP contribution in [0.4, 0.5) is 0 Å². The number of hydrogen-bond acceptors (Lipinski definition) is 3. The van der Waals surface area contributed by atoms with Gasteiger partial charge in [-0.2, -0.15) is 0 Å². The van der Waals surface area contributed by atoms with Crippen LogP contribution < -0.4 is 0 Å². The summed E-state index contributed by atoms with van der Waals surface area (Å²) in [7, 11) is 0.102. The van der Waals surface area contributed by atoms with Crippen molar-refractivity contribution in [1.82, 2.24) is 0 Å². The molecule has 6 heteroatoms. The van der Waals surface area contributed by atoms with Crippen molar-refractivity contribution in [3.8, 4) is 0 Å². The number of hydrogen-bond donors (Lipinski definition) is 0. The van der Waals surface area contributed by atoms with Crippen molar-refractivity contribution in [2.24, 2.45) is 11.3 Å². The van der Waals surface area contributed by atoms with E-state index in [0.29, 0.717) is 19.1 Å². The van der Waals surface area contributed by atoms with E-state index in [1.807, 2.05) is 0 Å². The van der Waals surface area contributed by atoms with E-state index < -0.39 is 18.3 Å². The van der Waals surface area contributed by atoms with Crippen molar-refractivity contribution < 1.29 is 13.3 Å². The van der Waals surface area contributed by atoms with E-state index in [2.05, 4.69) is 77.3 Å². The van der Waals surface area contributed by atoms with Gasteiger partial charge in [-0.15, -0.1) is 0 Å². The van der Waals surface area contributed by atoms with E-state index in [1.165, 1.54) is 0 Å². The molecule has 0 aliphatic carbocycles. The molecule has 0 aromatic rings. The molecule has 0 amide bonds. The Balaban J connectivity index is 6.09. The third-order valence-corrected chi connectivity index (χ3v) is 11.5. The molecule has 0 spiro atoms. The zero-order valence-electron chi connectivity index (χ0n) is 18.5. The zero-order chi connectivity index (χ0) is 19.9. The second-order valence-corrected chi connectivity index (χ2v) is 17.7. The summed E-state index contributed by atoms with van der Waals surface area (Å²) >= 11 is 0. The molecular formula is C19H43O3SSi2. The lowest BCUT2D eigenvalue weighted by atomic mass is 9.87. The zero-order valence-corrected chi connectivity index (χ0v) is 21.3. The van der Waals surface area contributed by atoms with E-state index in [1.54, 1.807) is 0 Å². The lowest BCUT2D eigenvalue weighted by molar-refractivity contribution is -0.0404. The van der Waals surface area contributed by atoms with Gasteiger partial charge >= 0.3 is 8.80 Å². The number of rotatable bonds is 12. The van der Waals surface area contributed by atoms with Gasteiger partial charge in [-0.05, 0) is 43.1 Å². The summed E-state index contributed by atoms with van der Waals surface area (Å²) in [5, 5.41) is 0. The Bertz CT molecular complexity index is 354. The molecule has 1 atom stereocenters. The maximum absolute atomic E-state index is 7.10. The minimum atomic E-state index is -2.79. The molecule has 0 heterocycles. The maximum Gasteiger partial charge on any atom is 0.502 e. The lowest BCUT2D eigenvalue weighted by Crippen LogP contribution is -2.60. The van der Waals surface area contributed by atoms with Gasteiger partial charge in [0.1, 0.15) is 0 Å². The summed E-state index contributed by atoms with van der Waals surface area (Å²) in [6.07, 6.45) is 7.45. The van der Waals surface area contributed by atoms with Crippen LogP contribution in [0.15, 0.2) is 0 Å². The molecule has 25 heavy (non-hydrogen) atoms. The van der Waals surface area contributed by atoms with Crippen LogP contribution >= 0.6 is 9.48 Å². The topological polar surface area (TPSA) is 27.7 Å². The van der Waals surface area contributed by atoms with E-state index in [4.69, 9.17) is 13.3 Å². The molecule has 0 aromatic heterocycles. The van der Waals surface area contributed by atoms with Gasteiger partial charge < -0.3 is 13.3 Å². The SMILES string of the molecule is CCCO[Si](CC(C)C)(OCCC)OC(CC)(C(C)(C)C)S(C)(C)[Si]. The van der Waals surface area contributed by atoms with Crippen LogP contribution in [0, 0.1) is 11.3 Å². The minimum absolute atomic E-state index is 0.0251. The highest BCUT2D eigenvalue weighted by Crippen LogP contribution is 2.61. The molecule has 3 nitrogen and oxygen atoms in total. The van der Waals surface area contributed by atoms with Crippen LogP contribution in [-0.4, -0.2) is 48.9 Å². The standard InChI is InChI=1S/C19H43O3SSi2/c1-11-14-20-25(16-17(4)5,21-15-12-2)22-19(13-3,18(6,7)8)23(9,10)24/h17H,11-16H2,1-10H3. The van der Waals surface area contributed by atoms with Crippen LogP contribution in [-0.2, 0) is 13.3 Å². The monoisotopic (exact) mass is 407 g/mol. The first-order valence-electron chi connectivity index (χ1n) is 9.76. The highest BCUT2D eigenvalue weighted by atomic mass is 32.4. The van der Waals surface area contributed by atoms with Crippen molar-refractivity contribution >= 4 is 27.7 Å². The molecule has 0 saturated heterocycles. The third kappa shape index (κ3) is 6.96. The summed E-state index contributed by atoms with van der Waals surface area (Å²) in [6, 6.07) is 0.868. The highest BCUT2D eigenvalue weighted by Gasteiger charge is 2.56. The summed E-state index contributed by atoms with van der Waals surface area (Å²) in [5.41, 5.74) is -0.0251. The van der Waals surface area contributed by atoms with Gasteiger partial charge in [0.25, 0.3) is 0 Å². The van der Waals surface area contributed by atoms with Crippen molar-refractivity contribution in [2.45, 2.75) is 85.6 Å². The van der Waals surface area contributed by atoms with Gasteiger partial charge in [0.15, 0.2) is 0 Å². The molecule has 0 fully saturated rings. The Labute approximate surface area is 163 Å². The third-order valence-electron chi connectivity index (χ3n) is 4.46. The lowest BCUT2D eigenvalue weighted by Gasteiger charge is -2.58. The van der Waals surface area contributed by atoms with E-state index >= 15 is 0 Å². The van der Waals surface area contributed by atoms with Crippen molar-refractivity contribution in [2.75, 3.05) is 25.7 Å². The Morgan fingerprint density at radius 2 is 1.40 bits per heavy atom. The van der Waals surface area contributed by atoms with Crippen molar-refractivity contribution in [3.63, 3.8) is 0 Å². The van der Waals surface area contributed by atoms with Crippen molar-refractivity contribution in [1.29, 1.82) is 0 Å². The maximum atomic E-state index is 7.10. The van der Waals surface area contributed by atoms with Gasteiger partial charge in [-0.1, -0.05) is 55.4 Å². The van der Waals surface area contributed by atoms with Gasteiger partial charge in [-0.25, -0.2) is 9.48 Å². The molecule has 1 unspecified atom stereocenters. The Morgan fingerprint density at radius 3 is 1.64 bits per heavy atom. The predicted molar refractivity (Wildman–Crippen MR) is 117 cm³/mol. The largest absolute Gasteiger partial charge is 0.502 e. The van der Waals surface area contributed by atoms with Crippen LogP contribution in [0.5, 0.6) is 0 Å². The van der Waals surface area contributed by atoms with Crippen LogP contribution in [0.1, 0.15) is 74.7 Å². The quantitative estimate of drug-likeness (QED) is 0.385. The van der Waals surface area contributed by atoms with E-state index in [9.17, 15) is 0 Å².